The lowest BCUT2D eigenvalue weighted by Crippen LogP contribution is -2.31. The Balaban J connectivity index is 1.36. The summed E-state index contributed by atoms with van der Waals surface area (Å²) in [4.78, 5) is 25.8. The van der Waals surface area contributed by atoms with E-state index in [2.05, 4.69) is 19.9 Å². The van der Waals surface area contributed by atoms with Crippen LogP contribution in [-0.4, -0.2) is 42.1 Å². The quantitative estimate of drug-likeness (QED) is 0.379. The van der Waals surface area contributed by atoms with E-state index in [1.165, 1.54) is 18.5 Å². The van der Waals surface area contributed by atoms with Crippen LogP contribution in [0.3, 0.4) is 0 Å². The topological polar surface area (TPSA) is 118 Å². The Labute approximate surface area is 151 Å². The number of aromatic nitrogens is 5. The van der Waals surface area contributed by atoms with E-state index >= 15 is 0 Å². The van der Waals surface area contributed by atoms with Gasteiger partial charge < -0.3 is 19.6 Å². The molecule has 0 aromatic carbocycles. The Bertz CT molecular complexity index is 960. The Morgan fingerprint density at radius 3 is 2.74 bits per heavy atom. The van der Waals surface area contributed by atoms with E-state index in [4.69, 9.17) is 9.47 Å². The number of imidazole rings is 1. The third kappa shape index (κ3) is 3.66. The minimum atomic E-state index is -0.563. The molecule has 138 valence electrons. The molecule has 0 N–H and O–H groups in total. The minimum Gasteiger partial charge on any atom is -0.460 e. The van der Waals surface area contributed by atoms with Crippen molar-refractivity contribution in [2.24, 2.45) is 0 Å². The van der Waals surface area contributed by atoms with Crippen LogP contribution in [0.1, 0.15) is 6.42 Å². The van der Waals surface area contributed by atoms with Gasteiger partial charge in [0.25, 0.3) is 0 Å². The predicted octanol–water partition coefficient (Wildman–Crippen LogP) is 2.01. The van der Waals surface area contributed by atoms with Crippen LogP contribution in [0, 0.1) is 16.1 Å². The van der Waals surface area contributed by atoms with Crippen molar-refractivity contribution in [2.75, 3.05) is 6.61 Å². The van der Waals surface area contributed by atoms with Gasteiger partial charge in [-0.05, 0) is 17.1 Å². The molecule has 4 heterocycles. The standard InChI is InChI=1S/C16H13FN6O4/c17-13-2-1-10(5-18-13)11-6-19-15(20-7-11)26-9-12-3-4-22-8-14(23(24)25)21-16(22)27-12/h1-2,5-8,12H,3-4,9H2. The average molecular weight is 372 g/mol. The maximum Gasteiger partial charge on any atom is 0.414 e. The van der Waals surface area contributed by atoms with Gasteiger partial charge in [0.15, 0.2) is 0 Å². The van der Waals surface area contributed by atoms with E-state index < -0.39 is 10.9 Å². The first kappa shape index (κ1) is 16.8. The van der Waals surface area contributed by atoms with Crippen molar-refractivity contribution in [3.05, 3.63) is 53.0 Å². The van der Waals surface area contributed by atoms with Gasteiger partial charge in [0, 0.05) is 47.7 Å². The van der Waals surface area contributed by atoms with Crippen LogP contribution in [-0.2, 0) is 6.54 Å². The number of pyridine rings is 1. The van der Waals surface area contributed by atoms with Crippen LogP contribution in [0.5, 0.6) is 12.0 Å². The highest BCUT2D eigenvalue weighted by atomic mass is 19.1. The third-order valence-corrected chi connectivity index (χ3v) is 3.97. The molecule has 0 spiro atoms. The SMILES string of the molecule is O=[N+]([O-])c1cn2c(n1)OC(COc1ncc(-c3ccc(F)nc3)cn1)CC2. The first-order valence-corrected chi connectivity index (χ1v) is 8.03. The minimum absolute atomic E-state index is 0.164. The van der Waals surface area contributed by atoms with E-state index in [1.54, 1.807) is 23.0 Å². The van der Waals surface area contributed by atoms with Gasteiger partial charge in [-0.3, -0.25) is 4.57 Å². The van der Waals surface area contributed by atoms with Crippen molar-refractivity contribution < 1.29 is 18.8 Å². The lowest BCUT2D eigenvalue weighted by atomic mass is 10.2. The molecule has 3 aromatic heterocycles. The van der Waals surface area contributed by atoms with Gasteiger partial charge in [-0.1, -0.05) is 0 Å². The van der Waals surface area contributed by atoms with Crippen molar-refractivity contribution in [1.29, 1.82) is 0 Å². The van der Waals surface area contributed by atoms with Crippen molar-refractivity contribution in [2.45, 2.75) is 19.1 Å². The highest BCUT2D eigenvalue weighted by molar-refractivity contribution is 5.59. The summed E-state index contributed by atoms with van der Waals surface area (Å²) >= 11 is 0. The number of nitro groups is 1. The van der Waals surface area contributed by atoms with Gasteiger partial charge in [-0.25, -0.2) is 15.0 Å². The highest BCUT2D eigenvalue weighted by Gasteiger charge is 2.28. The molecule has 27 heavy (non-hydrogen) atoms. The molecule has 0 saturated carbocycles. The zero-order chi connectivity index (χ0) is 18.8. The molecule has 0 saturated heterocycles. The first-order valence-electron chi connectivity index (χ1n) is 8.03. The van der Waals surface area contributed by atoms with Crippen molar-refractivity contribution in [3.8, 4) is 23.1 Å². The normalized spacial score (nSPS) is 15.7. The Morgan fingerprint density at radius 1 is 1.26 bits per heavy atom. The van der Waals surface area contributed by atoms with Crippen LogP contribution >= 0.6 is 0 Å². The number of halogens is 1. The number of hydrogen-bond donors (Lipinski definition) is 0. The molecule has 11 heteroatoms. The van der Waals surface area contributed by atoms with E-state index in [9.17, 15) is 14.5 Å². The van der Waals surface area contributed by atoms with Gasteiger partial charge in [0.1, 0.15) is 18.9 Å². The molecule has 0 radical (unpaired) electrons. The number of hydrogen-bond acceptors (Lipinski definition) is 8. The number of ether oxygens (including phenoxy) is 2. The fourth-order valence-electron chi connectivity index (χ4n) is 2.59. The maximum absolute atomic E-state index is 12.9. The number of nitrogens with zero attached hydrogens (tertiary/aromatic N) is 6. The van der Waals surface area contributed by atoms with Crippen molar-refractivity contribution >= 4 is 5.82 Å². The van der Waals surface area contributed by atoms with Gasteiger partial charge in [-0.15, -0.1) is 0 Å². The number of aryl methyl sites for hydroxylation is 1. The summed E-state index contributed by atoms with van der Waals surface area (Å²) in [6, 6.07) is 3.20. The van der Waals surface area contributed by atoms with Crippen LogP contribution in [0.25, 0.3) is 11.1 Å². The summed E-state index contributed by atoms with van der Waals surface area (Å²) in [6.07, 6.45) is 6.14. The van der Waals surface area contributed by atoms with Crippen LogP contribution in [0.2, 0.25) is 0 Å². The number of fused-ring (bicyclic) bond motifs is 1. The van der Waals surface area contributed by atoms with E-state index in [-0.39, 0.29) is 30.5 Å². The van der Waals surface area contributed by atoms with Crippen LogP contribution in [0.15, 0.2) is 36.9 Å². The maximum atomic E-state index is 12.9. The second-order valence-corrected chi connectivity index (χ2v) is 5.80. The molecule has 1 atom stereocenters. The molecule has 0 bridgehead atoms. The molecule has 0 aliphatic carbocycles. The van der Waals surface area contributed by atoms with Gasteiger partial charge in [-0.2, -0.15) is 4.39 Å². The summed E-state index contributed by atoms with van der Waals surface area (Å²) < 4.78 is 25.6. The van der Waals surface area contributed by atoms with Crippen LogP contribution < -0.4 is 9.47 Å². The summed E-state index contributed by atoms with van der Waals surface area (Å²) in [5, 5.41) is 10.8. The van der Waals surface area contributed by atoms with Gasteiger partial charge in [0.05, 0.1) is 0 Å². The van der Waals surface area contributed by atoms with Crippen molar-refractivity contribution in [1.82, 2.24) is 24.5 Å². The molecule has 1 aliphatic heterocycles. The first-order chi connectivity index (χ1) is 13.1. The molecular formula is C16H13FN6O4. The molecule has 10 nitrogen and oxygen atoms in total. The average Bonchev–Trinajstić information content (AvgIpc) is 3.11. The molecule has 3 aromatic rings. The zero-order valence-corrected chi connectivity index (χ0v) is 13.9. The van der Waals surface area contributed by atoms with Gasteiger partial charge >= 0.3 is 17.8 Å². The third-order valence-electron chi connectivity index (χ3n) is 3.97. The summed E-state index contributed by atoms with van der Waals surface area (Å²) in [6.45, 7) is 0.722. The lowest BCUT2D eigenvalue weighted by molar-refractivity contribution is -0.389. The van der Waals surface area contributed by atoms with Crippen LogP contribution in [0.4, 0.5) is 10.2 Å². The monoisotopic (exact) mass is 372 g/mol. The molecule has 1 aliphatic rings. The summed E-state index contributed by atoms with van der Waals surface area (Å²) in [5.74, 6) is -0.807. The van der Waals surface area contributed by atoms with E-state index in [0.717, 1.165) is 0 Å². The highest BCUT2D eigenvalue weighted by Crippen LogP contribution is 2.24. The number of rotatable bonds is 5. The van der Waals surface area contributed by atoms with E-state index in [1.807, 2.05) is 0 Å². The molecular weight excluding hydrogens is 359 g/mol. The second-order valence-electron chi connectivity index (χ2n) is 5.80. The largest absolute Gasteiger partial charge is 0.460 e. The fourth-order valence-corrected chi connectivity index (χ4v) is 2.59. The lowest BCUT2D eigenvalue weighted by Gasteiger charge is -2.21. The molecule has 1 unspecified atom stereocenters. The molecule has 0 amide bonds. The predicted molar refractivity (Wildman–Crippen MR) is 88.6 cm³/mol. The van der Waals surface area contributed by atoms with Crippen molar-refractivity contribution in [3.63, 3.8) is 0 Å². The fraction of sp³-hybridized carbons (Fsp3) is 0.250. The molecule has 0 fully saturated rings. The Hall–Kier alpha value is -3.63. The summed E-state index contributed by atoms with van der Waals surface area (Å²) in [7, 11) is 0. The Kier molecular flexibility index (Phi) is 4.32. The summed E-state index contributed by atoms with van der Waals surface area (Å²) in [5.41, 5.74) is 1.37. The zero-order valence-electron chi connectivity index (χ0n) is 13.9. The van der Waals surface area contributed by atoms with Gasteiger partial charge in [0.2, 0.25) is 5.95 Å². The molecule has 4 rings (SSSR count). The Morgan fingerprint density at radius 2 is 2.04 bits per heavy atom. The second kappa shape index (κ2) is 6.94. The smallest absolute Gasteiger partial charge is 0.414 e. The van der Waals surface area contributed by atoms with E-state index in [0.29, 0.717) is 24.1 Å².